The van der Waals surface area contributed by atoms with Crippen molar-refractivity contribution >= 4 is 29.4 Å². The fraction of sp³-hybridized carbons (Fsp3) is 0.400. The number of rotatable bonds is 6. The zero-order chi connectivity index (χ0) is 18.5. The van der Waals surface area contributed by atoms with Crippen LogP contribution in [0, 0.1) is 0 Å². The summed E-state index contributed by atoms with van der Waals surface area (Å²) in [6.45, 7) is 4.58. The molecule has 3 heterocycles. The van der Waals surface area contributed by atoms with E-state index in [2.05, 4.69) is 9.88 Å². The number of amides is 1. The average molecular weight is 385 g/mol. The van der Waals surface area contributed by atoms with Crippen molar-refractivity contribution < 1.29 is 14.3 Å². The number of para-hydroxylation sites is 1. The first-order valence-electron chi connectivity index (χ1n) is 9.32. The Morgan fingerprint density at radius 2 is 1.85 bits per heavy atom. The van der Waals surface area contributed by atoms with E-state index in [9.17, 15) is 4.79 Å². The first-order chi connectivity index (χ1) is 13.3. The zero-order valence-electron chi connectivity index (χ0n) is 15.2. The van der Waals surface area contributed by atoms with E-state index in [4.69, 9.17) is 9.47 Å². The van der Waals surface area contributed by atoms with Crippen LogP contribution in [0.5, 0.6) is 0 Å². The van der Waals surface area contributed by atoms with Crippen molar-refractivity contribution in [2.24, 2.45) is 0 Å². The van der Waals surface area contributed by atoms with E-state index in [0.29, 0.717) is 19.0 Å². The Hall–Kier alpha value is -2.09. The number of aromatic nitrogens is 1. The second-order valence-electron chi connectivity index (χ2n) is 6.51. The van der Waals surface area contributed by atoms with Gasteiger partial charge in [0.05, 0.1) is 23.8 Å². The van der Waals surface area contributed by atoms with Crippen molar-refractivity contribution in [2.45, 2.75) is 22.6 Å². The number of hydrogen-bond acceptors (Lipinski definition) is 6. The van der Waals surface area contributed by atoms with E-state index < -0.39 is 6.09 Å². The number of anilines is 2. The normalized spacial score (nSPS) is 16.1. The standard InChI is InChI=1S/C20H23N3O3S/c24-20(26-15-14-25-13-12-22-10-3-4-11-22)23-16-6-1-2-7-17(16)27-18-8-5-9-21-19(18)23/h1-2,5-9H,3-4,10-15H2. The first-order valence-corrected chi connectivity index (χ1v) is 10.1. The third kappa shape index (κ3) is 4.26. The molecule has 1 fully saturated rings. The van der Waals surface area contributed by atoms with Crippen LogP contribution in [0.25, 0.3) is 0 Å². The third-order valence-electron chi connectivity index (χ3n) is 4.68. The molecule has 7 heteroatoms. The number of ether oxygens (including phenoxy) is 2. The molecule has 0 atom stereocenters. The Morgan fingerprint density at radius 1 is 1.04 bits per heavy atom. The molecule has 1 amide bonds. The molecule has 0 aliphatic carbocycles. The summed E-state index contributed by atoms with van der Waals surface area (Å²) in [6.07, 6.45) is 3.83. The molecule has 142 valence electrons. The lowest BCUT2D eigenvalue weighted by Gasteiger charge is -2.28. The minimum atomic E-state index is -0.425. The van der Waals surface area contributed by atoms with Gasteiger partial charge in [0.1, 0.15) is 6.61 Å². The maximum absolute atomic E-state index is 12.8. The second-order valence-corrected chi connectivity index (χ2v) is 7.59. The van der Waals surface area contributed by atoms with E-state index >= 15 is 0 Å². The molecule has 6 nitrogen and oxygen atoms in total. The van der Waals surface area contributed by atoms with E-state index in [1.807, 2.05) is 36.4 Å². The Morgan fingerprint density at radius 3 is 2.74 bits per heavy atom. The first kappa shape index (κ1) is 18.3. The topological polar surface area (TPSA) is 54.9 Å². The molecule has 1 aromatic heterocycles. The maximum atomic E-state index is 12.8. The SMILES string of the molecule is O=C(OCCOCCN1CCCC1)N1c2ccccc2Sc2cccnc21. The van der Waals surface area contributed by atoms with Gasteiger partial charge in [0.2, 0.25) is 0 Å². The van der Waals surface area contributed by atoms with Crippen LogP contribution in [-0.2, 0) is 9.47 Å². The van der Waals surface area contributed by atoms with Gasteiger partial charge < -0.3 is 14.4 Å². The largest absolute Gasteiger partial charge is 0.446 e. The van der Waals surface area contributed by atoms with Crippen LogP contribution in [0.15, 0.2) is 52.4 Å². The van der Waals surface area contributed by atoms with Crippen LogP contribution in [0.1, 0.15) is 12.8 Å². The molecule has 1 saturated heterocycles. The number of benzene rings is 1. The molecule has 0 spiro atoms. The molecule has 0 N–H and O–H groups in total. The molecule has 0 radical (unpaired) electrons. The van der Waals surface area contributed by atoms with Gasteiger partial charge in [0.15, 0.2) is 5.82 Å². The number of likely N-dealkylation sites (tertiary alicyclic amines) is 1. The lowest BCUT2D eigenvalue weighted by Crippen LogP contribution is -2.31. The van der Waals surface area contributed by atoms with Gasteiger partial charge in [-0.3, -0.25) is 0 Å². The van der Waals surface area contributed by atoms with Crippen LogP contribution >= 0.6 is 11.8 Å². The molecular weight excluding hydrogens is 362 g/mol. The molecule has 4 rings (SSSR count). The van der Waals surface area contributed by atoms with Crippen molar-refractivity contribution in [3.05, 3.63) is 42.6 Å². The number of fused-ring (bicyclic) bond motifs is 2. The summed E-state index contributed by atoms with van der Waals surface area (Å²) in [4.78, 5) is 23.0. The monoisotopic (exact) mass is 385 g/mol. The number of hydrogen-bond donors (Lipinski definition) is 0. The number of carbonyl (C=O) groups is 1. The van der Waals surface area contributed by atoms with Gasteiger partial charge >= 0.3 is 6.09 Å². The van der Waals surface area contributed by atoms with E-state index in [1.54, 1.807) is 22.9 Å². The van der Waals surface area contributed by atoms with Gasteiger partial charge in [0, 0.05) is 17.6 Å². The van der Waals surface area contributed by atoms with E-state index in [1.165, 1.54) is 12.8 Å². The third-order valence-corrected chi connectivity index (χ3v) is 5.78. The van der Waals surface area contributed by atoms with E-state index in [-0.39, 0.29) is 6.61 Å². The maximum Gasteiger partial charge on any atom is 0.420 e. The number of nitrogens with zero attached hydrogens (tertiary/aromatic N) is 3. The fourth-order valence-corrected chi connectivity index (χ4v) is 4.36. The van der Waals surface area contributed by atoms with Crippen LogP contribution in [0.4, 0.5) is 16.3 Å². The minimum Gasteiger partial charge on any atom is -0.446 e. The lowest BCUT2D eigenvalue weighted by atomic mass is 10.2. The van der Waals surface area contributed by atoms with Crippen molar-refractivity contribution in [1.29, 1.82) is 0 Å². The predicted molar refractivity (Wildman–Crippen MR) is 105 cm³/mol. The second kappa shape index (κ2) is 8.73. The van der Waals surface area contributed by atoms with Gasteiger partial charge in [-0.2, -0.15) is 0 Å². The minimum absolute atomic E-state index is 0.229. The highest BCUT2D eigenvalue weighted by molar-refractivity contribution is 7.99. The average Bonchev–Trinajstić information content (AvgIpc) is 3.22. The molecule has 27 heavy (non-hydrogen) atoms. The van der Waals surface area contributed by atoms with Crippen molar-refractivity contribution in [3.8, 4) is 0 Å². The highest BCUT2D eigenvalue weighted by atomic mass is 32.2. The van der Waals surface area contributed by atoms with Gasteiger partial charge in [-0.25, -0.2) is 14.7 Å². The Balaban J connectivity index is 1.33. The molecule has 2 aliphatic heterocycles. The van der Waals surface area contributed by atoms with Crippen LogP contribution in [0.2, 0.25) is 0 Å². The van der Waals surface area contributed by atoms with Crippen molar-refractivity contribution in [1.82, 2.24) is 9.88 Å². The van der Waals surface area contributed by atoms with Gasteiger partial charge in [0.25, 0.3) is 0 Å². The number of pyridine rings is 1. The van der Waals surface area contributed by atoms with E-state index in [0.717, 1.165) is 35.1 Å². The molecule has 2 aromatic rings. The van der Waals surface area contributed by atoms with Crippen LogP contribution in [-0.4, -0.2) is 55.4 Å². The van der Waals surface area contributed by atoms with Crippen LogP contribution in [0.3, 0.4) is 0 Å². The Labute approximate surface area is 163 Å². The Kier molecular flexibility index (Phi) is 5.91. The van der Waals surface area contributed by atoms with Gasteiger partial charge in [-0.15, -0.1) is 0 Å². The molecule has 1 aromatic carbocycles. The number of carbonyl (C=O) groups excluding carboxylic acids is 1. The molecule has 0 saturated carbocycles. The summed E-state index contributed by atoms with van der Waals surface area (Å²) in [5, 5.41) is 0. The molecule has 0 unspecified atom stereocenters. The summed E-state index contributed by atoms with van der Waals surface area (Å²) in [5.41, 5.74) is 0.800. The molecule has 0 bridgehead atoms. The lowest BCUT2D eigenvalue weighted by molar-refractivity contribution is 0.0662. The summed E-state index contributed by atoms with van der Waals surface area (Å²) in [5.74, 6) is 0.612. The van der Waals surface area contributed by atoms with Crippen molar-refractivity contribution in [3.63, 3.8) is 0 Å². The highest BCUT2D eigenvalue weighted by Gasteiger charge is 2.30. The van der Waals surface area contributed by atoms with Gasteiger partial charge in [-0.1, -0.05) is 23.9 Å². The summed E-state index contributed by atoms with van der Waals surface area (Å²) in [6, 6.07) is 11.6. The summed E-state index contributed by atoms with van der Waals surface area (Å²) in [7, 11) is 0. The van der Waals surface area contributed by atoms with Crippen LogP contribution < -0.4 is 4.90 Å². The summed E-state index contributed by atoms with van der Waals surface area (Å²) >= 11 is 1.61. The highest BCUT2D eigenvalue weighted by Crippen LogP contribution is 2.46. The summed E-state index contributed by atoms with van der Waals surface area (Å²) < 4.78 is 11.1. The van der Waals surface area contributed by atoms with Crippen molar-refractivity contribution in [2.75, 3.05) is 44.4 Å². The Bertz CT molecular complexity index is 750. The molecule has 2 aliphatic rings. The molecular formula is C20H23N3O3S. The van der Waals surface area contributed by atoms with Gasteiger partial charge in [-0.05, 0) is 50.2 Å². The zero-order valence-corrected chi connectivity index (χ0v) is 16.0. The quantitative estimate of drug-likeness (QED) is 0.702. The predicted octanol–water partition coefficient (Wildman–Crippen LogP) is 3.93. The fourth-order valence-electron chi connectivity index (χ4n) is 3.33. The smallest absolute Gasteiger partial charge is 0.420 e.